The second kappa shape index (κ2) is 7.98. The summed E-state index contributed by atoms with van der Waals surface area (Å²) in [6, 6.07) is 8.03. The van der Waals surface area contributed by atoms with Crippen molar-refractivity contribution in [3.8, 4) is 5.75 Å². The third kappa shape index (κ3) is 4.59. The number of aromatic nitrogens is 1. The van der Waals surface area contributed by atoms with Crippen molar-refractivity contribution in [2.24, 2.45) is 0 Å². The molecule has 2 N–H and O–H groups in total. The molecule has 0 saturated carbocycles. The fourth-order valence-corrected chi connectivity index (χ4v) is 3.16. The van der Waals surface area contributed by atoms with Crippen LogP contribution in [-0.2, 0) is 14.8 Å². The molecule has 0 amide bonds. The zero-order valence-corrected chi connectivity index (χ0v) is 14.7. The SMILES string of the molecule is COCCNc1ccc(NS(=O)(=O)c2ccc(OC)c(C)c2)nc1. The Morgan fingerprint density at radius 2 is 1.96 bits per heavy atom. The summed E-state index contributed by atoms with van der Waals surface area (Å²) in [6.07, 6.45) is 1.56. The first-order valence-electron chi connectivity index (χ1n) is 7.32. The van der Waals surface area contributed by atoms with Gasteiger partial charge in [-0.25, -0.2) is 13.4 Å². The molecule has 0 unspecified atom stereocenters. The van der Waals surface area contributed by atoms with Crippen LogP contribution in [-0.4, -0.2) is 40.8 Å². The van der Waals surface area contributed by atoms with Gasteiger partial charge >= 0.3 is 0 Å². The van der Waals surface area contributed by atoms with Crippen LogP contribution >= 0.6 is 0 Å². The van der Waals surface area contributed by atoms with Gasteiger partial charge in [-0.05, 0) is 42.8 Å². The van der Waals surface area contributed by atoms with Crippen LogP contribution in [0.2, 0.25) is 0 Å². The van der Waals surface area contributed by atoms with Gasteiger partial charge in [-0.1, -0.05) is 0 Å². The summed E-state index contributed by atoms with van der Waals surface area (Å²) >= 11 is 0. The van der Waals surface area contributed by atoms with E-state index in [9.17, 15) is 8.42 Å². The molecule has 0 bridgehead atoms. The molecule has 0 atom stereocenters. The smallest absolute Gasteiger partial charge is 0.263 e. The lowest BCUT2D eigenvalue weighted by atomic mass is 10.2. The average molecular weight is 351 g/mol. The first-order valence-corrected chi connectivity index (χ1v) is 8.81. The first-order chi connectivity index (χ1) is 11.5. The maximum absolute atomic E-state index is 12.4. The van der Waals surface area contributed by atoms with Gasteiger partial charge in [0.15, 0.2) is 0 Å². The molecular formula is C16H21N3O4S. The van der Waals surface area contributed by atoms with E-state index in [2.05, 4.69) is 15.0 Å². The Labute approximate surface area is 142 Å². The first kappa shape index (κ1) is 18.0. The second-order valence-corrected chi connectivity index (χ2v) is 6.77. The zero-order valence-electron chi connectivity index (χ0n) is 13.9. The number of sulfonamides is 1. The Morgan fingerprint density at radius 3 is 2.54 bits per heavy atom. The molecule has 2 aromatic rings. The van der Waals surface area contributed by atoms with E-state index in [1.165, 1.54) is 6.07 Å². The summed E-state index contributed by atoms with van der Waals surface area (Å²) < 4.78 is 37.4. The molecule has 0 saturated heterocycles. The molecule has 0 fully saturated rings. The van der Waals surface area contributed by atoms with E-state index in [0.717, 1.165) is 11.3 Å². The van der Waals surface area contributed by atoms with Gasteiger partial charge in [-0.15, -0.1) is 0 Å². The van der Waals surface area contributed by atoms with Crippen molar-refractivity contribution in [3.63, 3.8) is 0 Å². The van der Waals surface area contributed by atoms with Crippen molar-refractivity contribution in [1.82, 2.24) is 4.98 Å². The third-order valence-corrected chi connectivity index (χ3v) is 4.67. The van der Waals surface area contributed by atoms with E-state index in [4.69, 9.17) is 9.47 Å². The third-order valence-electron chi connectivity index (χ3n) is 3.31. The largest absolute Gasteiger partial charge is 0.496 e. The Balaban J connectivity index is 2.10. The van der Waals surface area contributed by atoms with Crippen molar-refractivity contribution in [2.75, 3.05) is 37.4 Å². The number of ether oxygens (including phenoxy) is 2. The highest BCUT2D eigenvalue weighted by Crippen LogP contribution is 2.23. The quantitative estimate of drug-likeness (QED) is 0.709. The number of aryl methyl sites for hydroxylation is 1. The summed E-state index contributed by atoms with van der Waals surface area (Å²) in [6.45, 7) is 3.01. The lowest BCUT2D eigenvalue weighted by Gasteiger charge is -2.11. The fraction of sp³-hybridized carbons (Fsp3) is 0.312. The van der Waals surface area contributed by atoms with Crippen molar-refractivity contribution in [3.05, 3.63) is 42.1 Å². The highest BCUT2D eigenvalue weighted by Gasteiger charge is 2.16. The zero-order chi connectivity index (χ0) is 17.6. The molecule has 8 heteroatoms. The van der Waals surface area contributed by atoms with E-state index < -0.39 is 10.0 Å². The van der Waals surface area contributed by atoms with Gasteiger partial charge in [-0.3, -0.25) is 4.72 Å². The summed E-state index contributed by atoms with van der Waals surface area (Å²) in [4.78, 5) is 4.26. The van der Waals surface area contributed by atoms with E-state index in [-0.39, 0.29) is 10.7 Å². The number of methoxy groups -OCH3 is 2. The van der Waals surface area contributed by atoms with Gasteiger partial charge in [0.2, 0.25) is 0 Å². The summed E-state index contributed by atoms with van der Waals surface area (Å²) in [5, 5.41) is 3.11. The number of nitrogens with one attached hydrogen (secondary N) is 2. The van der Waals surface area contributed by atoms with E-state index >= 15 is 0 Å². The number of nitrogens with zero attached hydrogens (tertiary/aromatic N) is 1. The van der Waals surface area contributed by atoms with Crippen LogP contribution in [0.25, 0.3) is 0 Å². The Hall–Kier alpha value is -2.32. The van der Waals surface area contributed by atoms with Gasteiger partial charge in [-0.2, -0.15) is 0 Å². The predicted octanol–water partition coefficient (Wildman–Crippen LogP) is 2.26. The van der Waals surface area contributed by atoms with Gasteiger partial charge < -0.3 is 14.8 Å². The predicted molar refractivity (Wildman–Crippen MR) is 93.1 cm³/mol. The molecule has 7 nitrogen and oxygen atoms in total. The van der Waals surface area contributed by atoms with Crippen molar-refractivity contribution in [1.29, 1.82) is 0 Å². The van der Waals surface area contributed by atoms with Crippen LogP contribution in [0.5, 0.6) is 5.75 Å². The van der Waals surface area contributed by atoms with E-state index in [1.807, 2.05) is 0 Å². The second-order valence-electron chi connectivity index (χ2n) is 5.09. The number of rotatable bonds is 8. The standard InChI is InChI=1S/C16H21N3O4S/c1-12-10-14(5-6-15(12)23-3)24(20,21)19-16-7-4-13(11-18-16)17-8-9-22-2/h4-7,10-11,17H,8-9H2,1-3H3,(H,18,19). The van der Waals surface area contributed by atoms with Gasteiger partial charge in [0.05, 0.1) is 30.5 Å². The number of hydrogen-bond donors (Lipinski definition) is 2. The van der Waals surface area contributed by atoms with Gasteiger partial charge in [0.1, 0.15) is 11.6 Å². The van der Waals surface area contributed by atoms with Crippen LogP contribution in [0.1, 0.15) is 5.56 Å². The summed E-state index contributed by atoms with van der Waals surface area (Å²) in [5.74, 6) is 0.888. The molecule has 0 aliphatic rings. The van der Waals surface area contributed by atoms with E-state index in [0.29, 0.717) is 18.9 Å². The average Bonchev–Trinajstić information content (AvgIpc) is 2.56. The van der Waals surface area contributed by atoms with E-state index in [1.54, 1.807) is 51.6 Å². The minimum Gasteiger partial charge on any atom is -0.496 e. The normalized spacial score (nSPS) is 11.1. The maximum Gasteiger partial charge on any atom is 0.263 e. The summed E-state index contributed by atoms with van der Waals surface area (Å²) in [5.41, 5.74) is 1.53. The Morgan fingerprint density at radius 1 is 1.17 bits per heavy atom. The van der Waals surface area contributed by atoms with Crippen molar-refractivity contribution >= 4 is 21.5 Å². The molecule has 1 aromatic heterocycles. The van der Waals surface area contributed by atoms with Crippen molar-refractivity contribution < 1.29 is 17.9 Å². The Bertz CT molecular complexity index is 776. The van der Waals surface area contributed by atoms with Crippen molar-refractivity contribution in [2.45, 2.75) is 11.8 Å². The van der Waals surface area contributed by atoms with Gasteiger partial charge in [0, 0.05) is 13.7 Å². The number of anilines is 2. The monoisotopic (exact) mass is 351 g/mol. The number of hydrogen-bond acceptors (Lipinski definition) is 6. The highest BCUT2D eigenvalue weighted by atomic mass is 32.2. The molecule has 2 rings (SSSR count). The lowest BCUT2D eigenvalue weighted by Crippen LogP contribution is -2.14. The van der Waals surface area contributed by atoms with Crippen LogP contribution < -0.4 is 14.8 Å². The Kier molecular flexibility index (Phi) is 5.99. The molecule has 0 radical (unpaired) electrons. The maximum atomic E-state index is 12.4. The topological polar surface area (TPSA) is 89.6 Å². The lowest BCUT2D eigenvalue weighted by molar-refractivity contribution is 0.211. The van der Waals surface area contributed by atoms with Crippen LogP contribution in [0.3, 0.4) is 0 Å². The molecule has 0 aliphatic carbocycles. The van der Waals surface area contributed by atoms with Crippen LogP contribution in [0.4, 0.5) is 11.5 Å². The molecule has 130 valence electrons. The number of benzene rings is 1. The summed E-state index contributed by atoms with van der Waals surface area (Å²) in [7, 11) is -0.537. The molecule has 1 aromatic carbocycles. The molecular weight excluding hydrogens is 330 g/mol. The molecule has 0 spiro atoms. The minimum atomic E-state index is -3.70. The highest BCUT2D eigenvalue weighted by molar-refractivity contribution is 7.92. The number of pyridine rings is 1. The van der Waals surface area contributed by atoms with Gasteiger partial charge in [0.25, 0.3) is 10.0 Å². The molecule has 24 heavy (non-hydrogen) atoms. The van der Waals surface area contributed by atoms with Crippen LogP contribution in [0, 0.1) is 6.92 Å². The minimum absolute atomic E-state index is 0.157. The van der Waals surface area contributed by atoms with Crippen LogP contribution in [0.15, 0.2) is 41.4 Å². The molecule has 1 heterocycles. The molecule has 0 aliphatic heterocycles. The fourth-order valence-electron chi connectivity index (χ4n) is 2.07.